The number of rotatable bonds is 5. The predicted octanol–water partition coefficient (Wildman–Crippen LogP) is 1.58. The zero-order valence-electron chi connectivity index (χ0n) is 10.1. The first-order chi connectivity index (χ1) is 7.63. The maximum absolute atomic E-state index is 11.6. The van der Waals surface area contributed by atoms with E-state index in [1.165, 1.54) is 0 Å². The Kier molecular flexibility index (Phi) is 7.34. The Bertz CT molecular complexity index is 339. The highest BCUT2D eigenvalue weighted by Crippen LogP contribution is 2.10. The van der Waals surface area contributed by atoms with Crippen LogP contribution in [0.1, 0.15) is 23.7 Å². The van der Waals surface area contributed by atoms with Crippen LogP contribution in [0.3, 0.4) is 0 Å². The van der Waals surface area contributed by atoms with Crippen molar-refractivity contribution in [2.24, 2.45) is 5.73 Å². The molecular formula is C12H19ClN2O2. The number of methoxy groups -OCH3 is 1. The maximum atomic E-state index is 11.6. The van der Waals surface area contributed by atoms with Crippen molar-refractivity contribution in [3.63, 3.8) is 0 Å². The summed E-state index contributed by atoms with van der Waals surface area (Å²) >= 11 is 0. The molecule has 0 spiro atoms. The molecule has 0 aliphatic heterocycles. The highest BCUT2D eigenvalue weighted by molar-refractivity contribution is 5.94. The number of benzene rings is 1. The molecule has 0 saturated heterocycles. The molecule has 0 radical (unpaired) electrons. The van der Waals surface area contributed by atoms with Crippen LogP contribution < -0.4 is 15.8 Å². The highest BCUT2D eigenvalue weighted by Gasteiger charge is 2.04. The molecule has 1 aromatic rings. The van der Waals surface area contributed by atoms with Crippen LogP contribution in [-0.2, 0) is 0 Å². The van der Waals surface area contributed by atoms with Gasteiger partial charge in [-0.25, -0.2) is 0 Å². The van der Waals surface area contributed by atoms with Gasteiger partial charge in [0, 0.05) is 18.2 Å². The summed E-state index contributed by atoms with van der Waals surface area (Å²) in [6, 6.07) is 7.11. The molecule has 4 nitrogen and oxygen atoms in total. The summed E-state index contributed by atoms with van der Waals surface area (Å²) in [7, 11) is 1.59. The number of nitrogens with two attached hydrogens (primary N) is 1. The summed E-state index contributed by atoms with van der Waals surface area (Å²) in [4.78, 5) is 11.6. The van der Waals surface area contributed by atoms with Gasteiger partial charge in [-0.15, -0.1) is 12.4 Å². The van der Waals surface area contributed by atoms with Crippen LogP contribution in [-0.4, -0.2) is 25.6 Å². The SMILES string of the molecule is COc1ccc(C(=O)NCCC(C)N)cc1.Cl. The van der Waals surface area contributed by atoms with Gasteiger partial charge in [-0.3, -0.25) is 4.79 Å². The van der Waals surface area contributed by atoms with Crippen molar-refractivity contribution in [1.82, 2.24) is 5.32 Å². The topological polar surface area (TPSA) is 64.3 Å². The minimum Gasteiger partial charge on any atom is -0.497 e. The van der Waals surface area contributed by atoms with Crippen LogP contribution in [0.2, 0.25) is 0 Å². The van der Waals surface area contributed by atoms with Crippen LogP contribution in [0.25, 0.3) is 0 Å². The number of carbonyl (C=O) groups excluding carboxylic acids is 1. The molecule has 0 bridgehead atoms. The van der Waals surface area contributed by atoms with E-state index in [1.54, 1.807) is 31.4 Å². The quantitative estimate of drug-likeness (QED) is 0.843. The first-order valence-corrected chi connectivity index (χ1v) is 5.31. The fraction of sp³-hybridized carbons (Fsp3) is 0.417. The van der Waals surface area contributed by atoms with Crippen molar-refractivity contribution >= 4 is 18.3 Å². The molecule has 0 heterocycles. The van der Waals surface area contributed by atoms with Gasteiger partial charge < -0.3 is 15.8 Å². The molecule has 5 heteroatoms. The molecule has 17 heavy (non-hydrogen) atoms. The normalized spacial score (nSPS) is 11.2. The Labute approximate surface area is 108 Å². The standard InChI is InChI=1S/C12H18N2O2.ClH/c1-9(13)7-8-14-12(15)10-3-5-11(16-2)6-4-10;/h3-6,9H,7-8,13H2,1-2H3,(H,14,15);1H. The molecule has 1 atom stereocenters. The molecule has 0 aromatic heterocycles. The molecule has 0 fully saturated rings. The smallest absolute Gasteiger partial charge is 0.251 e. The second-order valence-corrected chi connectivity index (χ2v) is 3.75. The van der Waals surface area contributed by atoms with E-state index < -0.39 is 0 Å². The predicted molar refractivity (Wildman–Crippen MR) is 70.8 cm³/mol. The van der Waals surface area contributed by atoms with Gasteiger partial charge in [-0.05, 0) is 37.6 Å². The zero-order valence-corrected chi connectivity index (χ0v) is 10.9. The van der Waals surface area contributed by atoms with Crippen LogP contribution in [0.5, 0.6) is 5.75 Å². The van der Waals surface area contributed by atoms with Crippen LogP contribution in [0.4, 0.5) is 0 Å². The third kappa shape index (κ3) is 5.56. The number of hydrogen-bond donors (Lipinski definition) is 2. The maximum Gasteiger partial charge on any atom is 0.251 e. The second-order valence-electron chi connectivity index (χ2n) is 3.75. The lowest BCUT2D eigenvalue weighted by molar-refractivity contribution is 0.0953. The fourth-order valence-corrected chi connectivity index (χ4v) is 1.26. The Hall–Kier alpha value is -1.26. The van der Waals surface area contributed by atoms with Crippen LogP contribution in [0, 0.1) is 0 Å². The number of ether oxygens (including phenoxy) is 1. The van der Waals surface area contributed by atoms with Crippen molar-refractivity contribution in [3.05, 3.63) is 29.8 Å². The first-order valence-electron chi connectivity index (χ1n) is 5.31. The molecule has 0 aliphatic carbocycles. The number of halogens is 1. The van der Waals surface area contributed by atoms with Gasteiger partial charge in [0.1, 0.15) is 5.75 Å². The summed E-state index contributed by atoms with van der Waals surface area (Å²) in [5.41, 5.74) is 6.22. The Morgan fingerprint density at radius 2 is 2.00 bits per heavy atom. The number of hydrogen-bond acceptors (Lipinski definition) is 3. The van der Waals surface area contributed by atoms with Gasteiger partial charge in [0.05, 0.1) is 7.11 Å². The Morgan fingerprint density at radius 1 is 1.41 bits per heavy atom. The molecule has 96 valence electrons. The van der Waals surface area contributed by atoms with Gasteiger partial charge in [0.2, 0.25) is 0 Å². The molecule has 3 N–H and O–H groups in total. The van der Waals surface area contributed by atoms with E-state index in [2.05, 4.69) is 5.32 Å². The van der Waals surface area contributed by atoms with Crippen molar-refractivity contribution in [3.8, 4) is 5.75 Å². The van der Waals surface area contributed by atoms with Gasteiger partial charge in [-0.2, -0.15) is 0 Å². The van der Waals surface area contributed by atoms with Crippen LogP contribution in [0.15, 0.2) is 24.3 Å². The lowest BCUT2D eigenvalue weighted by atomic mass is 10.2. The van der Waals surface area contributed by atoms with E-state index in [9.17, 15) is 4.79 Å². The fourth-order valence-electron chi connectivity index (χ4n) is 1.26. The van der Waals surface area contributed by atoms with E-state index in [0.717, 1.165) is 12.2 Å². The monoisotopic (exact) mass is 258 g/mol. The van der Waals surface area contributed by atoms with Gasteiger partial charge in [0.15, 0.2) is 0 Å². The number of amides is 1. The minimum absolute atomic E-state index is 0. The third-order valence-corrected chi connectivity index (χ3v) is 2.24. The summed E-state index contributed by atoms with van der Waals surface area (Å²) in [5.74, 6) is 0.662. The van der Waals surface area contributed by atoms with E-state index in [1.807, 2.05) is 6.92 Å². The lowest BCUT2D eigenvalue weighted by Gasteiger charge is -2.07. The average molecular weight is 259 g/mol. The summed E-state index contributed by atoms with van der Waals surface area (Å²) < 4.78 is 5.01. The average Bonchev–Trinajstić information content (AvgIpc) is 2.28. The van der Waals surface area contributed by atoms with E-state index in [4.69, 9.17) is 10.5 Å². The number of nitrogens with one attached hydrogen (secondary N) is 1. The molecule has 0 aliphatic rings. The molecular weight excluding hydrogens is 240 g/mol. The zero-order chi connectivity index (χ0) is 12.0. The van der Waals surface area contributed by atoms with E-state index >= 15 is 0 Å². The molecule has 1 rings (SSSR count). The van der Waals surface area contributed by atoms with Crippen molar-refractivity contribution in [2.45, 2.75) is 19.4 Å². The third-order valence-electron chi connectivity index (χ3n) is 2.24. The highest BCUT2D eigenvalue weighted by atomic mass is 35.5. The molecule has 1 amide bonds. The number of carbonyl (C=O) groups is 1. The van der Waals surface area contributed by atoms with E-state index in [-0.39, 0.29) is 24.4 Å². The lowest BCUT2D eigenvalue weighted by Crippen LogP contribution is -2.28. The Morgan fingerprint density at radius 3 is 2.47 bits per heavy atom. The molecule has 0 saturated carbocycles. The molecule has 1 unspecified atom stereocenters. The van der Waals surface area contributed by atoms with Gasteiger partial charge in [-0.1, -0.05) is 0 Å². The van der Waals surface area contributed by atoms with Crippen molar-refractivity contribution < 1.29 is 9.53 Å². The van der Waals surface area contributed by atoms with E-state index in [0.29, 0.717) is 12.1 Å². The summed E-state index contributed by atoms with van der Waals surface area (Å²) in [6.07, 6.45) is 0.780. The Balaban J connectivity index is 0.00000256. The van der Waals surface area contributed by atoms with Gasteiger partial charge in [0.25, 0.3) is 5.91 Å². The van der Waals surface area contributed by atoms with Crippen LogP contribution >= 0.6 is 12.4 Å². The minimum atomic E-state index is -0.0803. The largest absolute Gasteiger partial charge is 0.497 e. The molecule has 1 aromatic carbocycles. The van der Waals surface area contributed by atoms with Crippen molar-refractivity contribution in [2.75, 3.05) is 13.7 Å². The van der Waals surface area contributed by atoms with Crippen molar-refractivity contribution in [1.29, 1.82) is 0 Å². The van der Waals surface area contributed by atoms with Gasteiger partial charge >= 0.3 is 0 Å². The second kappa shape index (κ2) is 7.92. The summed E-state index contributed by atoms with van der Waals surface area (Å²) in [6.45, 7) is 2.52. The summed E-state index contributed by atoms with van der Waals surface area (Å²) in [5, 5.41) is 2.81. The first kappa shape index (κ1) is 15.7.